The second-order valence-corrected chi connectivity index (χ2v) is 9.30. The highest BCUT2D eigenvalue weighted by Crippen LogP contribution is 2.44. The van der Waals surface area contributed by atoms with Crippen molar-refractivity contribution in [2.45, 2.75) is 89.2 Å². The van der Waals surface area contributed by atoms with Gasteiger partial charge in [-0.25, -0.2) is 15.0 Å². The first-order valence-electron chi connectivity index (χ1n) is 11.1. The number of nitrogen functional groups attached to an aromatic ring is 1. The van der Waals surface area contributed by atoms with Crippen molar-refractivity contribution in [2.24, 2.45) is 5.92 Å². The molecule has 0 spiro atoms. The van der Waals surface area contributed by atoms with E-state index in [-0.39, 0.29) is 24.5 Å². The zero-order chi connectivity index (χ0) is 20.9. The predicted octanol–water partition coefficient (Wildman–Crippen LogP) is 2.38. The van der Waals surface area contributed by atoms with Crippen LogP contribution in [-0.4, -0.2) is 56.2 Å². The van der Waals surface area contributed by atoms with Gasteiger partial charge in [-0.1, -0.05) is 26.2 Å². The lowest BCUT2D eigenvalue weighted by Crippen LogP contribution is -2.46. The maximum Gasteiger partial charge on any atom is 0.167 e. The summed E-state index contributed by atoms with van der Waals surface area (Å²) in [6.45, 7) is 6.90. The van der Waals surface area contributed by atoms with Crippen LogP contribution >= 0.6 is 0 Å². The molecule has 2 aliphatic heterocycles. The van der Waals surface area contributed by atoms with Gasteiger partial charge in [0.25, 0.3) is 0 Å². The molecule has 164 valence electrons. The summed E-state index contributed by atoms with van der Waals surface area (Å²) >= 11 is 0. The number of anilines is 1. The summed E-state index contributed by atoms with van der Waals surface area (Å²) in [4.78, 5) is 12.8. The molecule has 3 aliphatic rings. The summed E-state index contributed by atoms with van der Waals surface area (Å²) in [5.41, 5.74) is 7.17. The molecule has 0 bridgehead atoms. The molecule has 9 heteroatoms. The van der Waals surface area contributed by atoms with Gasteiger partial charge >= 0.3 is 0 Å². The van der Waals surface area contributed by atoms with Crippen LogP contribution in [0.3, 0.4) is 0 Å². The Bertz CT molecular complexity index is 896. The van der Waals surface area contributed by atoms with Crippen molar-refractivity contribution in [1.82, 2.24) is 24.8 Å². The van der Waals surface area contributed by atoms with Crippen LogP contribution in [0.5, 0.6) is 0 Å². The maximum atomic E-state index is 6.43. The fourth-order valence-electron chi connectivity index (χ4n) is 5.02. The average Bonchev–Trinajstić information content (AvgIpc) is 3.32. The van der Waals surface area contributed by atoms with Gasteiger partial charge in [0.2, 0.25) is 0 Å². The van der Waals surface area contributed by atoms with Crippen LogP contribution < -0.4 is 11.1 Å². The van der Waals surface area contributed by atoms with Crippen molar-refractivity contribution in [3.8, 4) is 0 Å². The van der Waals surface area contributed by atoms with Gasteiger partial charge in [-0.05, 0) is 32.6 Å². The van der Waals surface area contributed by atoms with Gasteiger partial charge < -0.3 is 25.3 Å². The number of nitrogens with zero attached hydrogens (tertiary/aromatic N) is 4. The fourth-order valence-corrected chi connectivity index (χ4v) is 5.02. The number of aromatic nitrogens is 4. The molecule has 2 saturated heterocycles. The summed E-state index contributed by atoms with van der Waals surface area (Å²) in [6, 6.07) is 0.574. The van der Waals surface area contributed by atoms with Crippen molar-refractivity contribution in [1.29, 1.82) is 0 Å². The minimum Gasteiger partial charge on any atom is -0.382 e. The van der Waals surface area contributed by atoms with Crippen LogP contribution in [0, 0.1) is 5.92 Å². The number of hydrogen-bond donors (Lipinski definition) is 2. The Hall–Kier alpha value is -1.81. The van der Waals surface area contributed by atoms with Gasteiger partial charge in [0, 0.05) is 12.6 Å². The topological polar surface area (TPSA) is 109 Å². The maximum absolute atomic E-state index is 6.43. The quantitative estimate of drug-likeness (QED) is 0.708. The number of unbranched alkanes of at least 4 members (excludes halogenated alkanes) is 1. The molecule has 0 unspecified atom stereocenters. The monoisotopic (exact) mass is 416 g/mol. The van der Waals surface area contributed by atoms with E-state index in [2.05, 4.69) is 27.2 Å². The van der Waals surface area contributed by atoms with Crippen molar-refractivity contribution >= 4 is 17.0 Å². The first-order valence-corrected chi connectivity index (χ1v) is 11.1. The number of nitrogens with two attached hydrogens (primary N) is 1. The standard InChI is InChI=1S/C21H32N6O3/c1-4-5-6-12-7-13(8-12)23-9-14-16-17(30-21(2,3)29-16)20(28-14)27-11-26-15-18(22)24-10-25-19(15)27/h10-14,16-17,20,23H,4-9H2,1-3H3,(H2,22,24,25)/t12?,13?,14-,16-,17-,20-/m1/s1. The molecule has 5 rings (SSSR count). The Balaban J connectivity index is 1.29. The summed E-state index contributed by atoms with van der Waals surface area (Å²) in [5, 5.41) is 3.69. The van der Waals surface area contributed by atoms with E-state index in [4.69, 9.17) is 19.9 Å². The van der Waals surface area contributed by atoms with Crippen molar-refractivity contribution in [3.05, 3.63) is 12.7 Å². The number of hydrogen-bond acceptors (Lipinski definition) is 8. The van der Waals surface area contributed by atoms with Crippen LogP contribution in [-0.2, 0) is 14.2 Å². The van der Waals surface area contributed by atoms with Gasteiger partial charge in [-0.15, -0.1) is 0 Å². The van der Waals surface area contributed by atoms with E-state index in [1.807, 2.05) is 18.4 Å². The fraction of sp³-hybridized carbons (Fsp3) is 0.762. The molecule has 3 N–H and O–H groups in total. The van der Waals surface area contributed by atoms with Crippen LogP contribution in [0.15, 0.2) is 12.7 Å². The zero-order valence-corrected chi connectivity index (χ0v) is 18.0. The molecule has 9 nitrogen and oxygen atoms in total. The second kappa shape index (κ2) is 7.71. The highest BCUT2D eigenvalue weighted by Gasteiger charge is 2.56. The highest BCUT2D eigenvalue weighted by atomic mass is 16.8. The molecule has 0 aromatic carbocycles. The third-order valence-electron chi connectivity index (χ3n) is 6.60. The van der Waals surface area contributed by atoms with E-state index in [9.17, 15) is 0 Å². The molecular formula is C21H32N6O3. The lowest BCUT2D eigenvalue weighted by Gasteiger charge is -2.37. The normalized spacial score (nSPS) is 34.9. The molecule has 1 saturated carbocycles. The van der Waals surface area contributed by atoms with E-state index < -0.39 is 5.79 Å². The molecule has 4 atom stereocenters. The molecule has 0 radical (unpaired) electrons. The minimum absolute atomic E-state index is 0.104. The molecule has 30 heavy (non-hydrogen) atoms. The Morgan fingerprint density at radius 3 is 2.80 bits per heavy atom. The third kappa shape index (κ3) is 3.57. The average molecular weight is 417 g/mol. The Kier molecular flexibility index (Phi) is 5.17. The van der Waals surface area contributed by atoms with Gasteiger partial charge in [-0.2, -0.15) is 0 Å². The van der Waals surface area contributed by atoms with Gasteiger partial charge in [-0.3, -0.25) is 4.57 Å². The predicted molar refractivity (Wildman–Crippen MR) is 112 cm³/mol. The van der Waals surface area contributed by atoms with E-state index in [1.165, 1.54) is 38.4 Å². The highest BCUT2D eigenvalue weighted by molar-refractivity contribution is 5.81. The number of ether oxygens (including phenoxy) is 3. The van der Waals surface area contributed by atoms with Crippen molar-refractivity contribution in [2.75, 3.05) is 12.3 Å². The molecule has 4 heterocycles. The second-order valence-electron chi connectivity index (χ2n) is 9.30. The Labute approximate surface area is 176 Å². The van der Waals surface area contributed by atoms with E-state index in [0.29, 0.717) is 23.0 Å². The summed E-state index contributed by atoms with van der Waals surface area (Å²) < 4.78 is 20.8. The molecule has 1 aliphatic carbocycles. The molecule has 2 aromatic rings. The van der Waals surface area contributed by atoms with Gasteiger partial charge in [0.1, 0.15) is 30.2 Å². The SMILES string of the molecule is CCCCC1CC(NC[C@H]2O[C@@H](n3cnc4c(N)ncnc43)[C@@H]3OC(C)(C)O[C@@H]32)C1. The van der Waals surface area contributed by atoms with Crippen LogP contribution in [0.2, 0.25) is 0 Å². The number of fused-ring (bicyclic) bond motifs is 2. The minimum atomic E-state index is -0.651. The van der Waals surface area contributed by atoms with E-state index in [1.54, 1.807) is 6.33 Å². The van der Waals surface area contributed by atoms with Crippen LogP contribution in [0.1, 0.15) is 59.1 Å². The van der Waals surface area contributed by atoms with E-state index >= 15 is 0 Å². The van der Waals surface area contributed by atoms with Crippen LogP contribution in [0.25, 0.3) is 11.2 Å². The smallest absolute Gasteiger partial charge is 0.167 e. The molecule has 3 fully saturated rings. The Morgan fingerprint density at radius 1 is 1.20 bits per heavy atom. The number of nitrogens with one attached hydrogen (secondary N) is 1. The molecular weight excluding hydrogens is 384 g/mol. The van der Waals surface area contributed by atoms with Gasteiger partial charge in [0.15, 0.2) is 23.5 Å². The summed E-state index contributed by atoms with van der Waals surface area (Å²) in [5.74, 6) is 0.583. The van der Waals surface area contributed by atoms with Crippen LogP contribution in [0.4, 0.5) is 5.82 Å². The molecule has 0 amide bonds. The lowest BCUT2D eigenvalue weighted by atomic mass is 9.77. The van der Waals surface area contributed by atoms with Crippen molar-refractivity contribution in [3.63, 3.8) is 0 Å². The van der Waals surface area contributed by atoms with E-state index in [0.717, 1.165) is 12.5 Å². The van der Waals surface area contributed by atoms with Gasteiger partial charge in [0.05, 0.1) is 6.33 Å². The molecule has 2 aromatic heterocycles. The number of rotatable bonds is 7. The third-order valence-corrected chi connectivity index (χ3v) is 6.60. The number of imidazole rings is 1. The first kappa shape index (κ1) is 20.1. The van der Waals surface area contributed by atoms with Crippen molar-refractivity contribution < 1.29 is 14.2 Å². The first-order chi connectivity index (χ1) is 14.4. The Morgan fingerprint density at radius 2 is 2.00 bits per heavy atom. The summed E-state index contributed by atoms with van der Waals surface area (Å²) in [6.07, 6.45) is 8.77. The lowest BCUT2D eigenvalue weighted by molar-refractivity contribution is -0.196. The largest absolute Gasteiger partial charge is 0.382 e. The zero-order valence-electron chi connectivity index (χ0n) is 18.0. The summed E-state index contributed by atoms with van der Waals surface area (Å²) in [7, 11) is 0.